The normalized spacial score (nSPS) is 21.3. The van der Waals surface area contributed by atoms with E-state index in [4.69, 9.17) is 0 Å². The Hall–Kier alpha value is -0.521. The van der Waals surface area contributed by atoms with Crippen molar-refractivity contribution in [3.05, 3.63) is 39.2 Å². The molecule has 1 heteroatoms. The van der Waals surface area contributed by atoms with Crippen molar-refractivity contribution in [1.29, 1.82) is 0 Å². The summed E-state index contributed by atoms with van der Waals surface area (Å²) in [5.74, 6) is 0. The van der Waals surface area contributed by atoms with E-state index in [0.717, 1.165) is 12.8 Å². The average Bonchev–Trinajstić information content (AvgIpc) is 2.56. The summed E-state index contributed by atoms with van der Waals surface area (Å²) < 4.78 is 1.62. The first-order valence-corrected chi connectivity index (χ1v) is 6.52. The summed E-state index contributed by atoms with van der Waals surface area (Å²) in [6.07, 6.45) is 5.88. The molecule has 0 nitrogen and oxygen atoms in total. The molecule has 0 saturated carbocycles. The summed E-state index contributed by atoms with van der Waals surface area (Å²) in [5.41, 5.74) is 4.33. The Labute approximate surface area is 85.7 Å². The molecule has 0 atom stereocenters. The van der Waals surface area contributed by atoms with Crippen LogP contribution in [0.3, 0.4) is 0 Å². The molecule has 1 aliphatic carbocycles. The van der Waals surface area contributed by atoms with E-state index >= 15 is 0 Å². The zero-order valence-corrected chi connectivity index (χ0v) is 9.68. The van der Waals surface area contributed by atoms with E-state index in [1.165, 1.54) is 23.1 Å². The van der Waals surface area contributed by atoms with E-state index in [9.17, 15) is 0 Å². The van der Waals surface area contributed by atoms with Crippen molar-refractivity contribution in [1.82, 2.24) is 0 Å². The first kappa shape index (κ1) is 9.05. The van der Waals surface area contributed by atoms with Crippen molar-refractivity contribution in [3.63, 3.8) is 0 Å². The van der Waals surface area contributed by atoms with Crippen LogP contribution in [0.4, 0.5) is 0 Å². The molecule has 2 rings (SSSR count). The molecule has 0 N–H and O–H groups in total. The van der Waals surface area contributed by atoms with E-state index in [2.05, 4.69) is 30.6 Å². The number of hydrogen-bond donors (Lipinski definition) is 0. The number of fused-ring (bicyclic) bond motifs is 1. The van der Waals surface area contributed by atoms with Gasteiger partial charge in [-0.3, -0.25) is 0 Å². The second kappa shape index (κ2) is 3.69. The van der Waals surface area contributed by atoms with Gasteiger partial charge in [-0.05, 0) is 0 Å². The molecule has 0 spiro atoms. The minimum absolute atomic E-state index is 0.604. The fourth-order valence-corrected chi connectivity index (χ4v) is 3.53. The zero-order valence-electron chi connectivity index (χ0n) is 7.97. The first-order valence-electron chi connectivity index (χ1n) is 4.67. The third-order valence-electron chi connectivity index (χ3n) is 2.58. The SMILES string of the molecule is C=C1CC/C(C)=C\Cc2[se]ccc21. The summed E-state index contributed by atoms with van der Waals surface area (Å²) >= 11 is 0.604. The first-order chi connectivity index (χ1) is 6.27. The van der Waals surface area contributed by atoms with Gasteiger partial charge in [-0.2, -0.15) is 0 Å². The molecule has 0 unspecified atom stereocenters. The third-order valence-corrected chi connectivity index (χ3v) is 4.56. The number of rotatable bonds is 0. The number of allylic oxidation sites excluding steroid dienone is 3. The van der Waals surface area contributed by atoms with Gasteiger partial charge in [0.25, 0.3) is 0 Å². The van der Waals surface area contributed by atoms with Gasteiger partial charge in [-0.25, -0.2) is 0 Å². The van der Waals surface area contributed by atoms with E-state index in [-0.39, 0.29) is 0 Å². The summed E-state index contributed by atoms with van der Waals surface area (Å²) in [6, 6.07) is 2.27. The van der Waals surface area contributed by atoms with Gasteiger partial charge in [-0.1, -0.05) is 0 Å². The van der Waals surface area contributed by atoms with E-state index in [1.54, 1.807) is 4.44 Å². The van der Waals surface area contributed by atoms with Gasteiger partial charge >= 0.3 is 85.5 Å². The van der Waals surface area contributed by atoms with Gasteiger partial charge < -0.3 is 0 Å². The van der Waals surface area contributed by atoms with Crippen LogP contribution in [0.1, 0.15) is 29.8 Å². The van der Waals surface area contributed by atoms with Crippen LogP contribution < -0.4 is 0 Å². The van der Waals surface area contributed by atoms with Crippen molar-refractivity contribution in [2.45, 2.75) is 26.2 Å². The van der Waals surface area contributed by atoms with Crippen LogP contribution in [-0.2, 0) is 6.42 Å². The van der Waals surface area contributed by atoms with Crippen LogP contribution in [0.5, 0.6) is 0 Å². The Kier molecular flexibility index (Phi) is 2.57. The summed E-state index contributed by atoms with van der Waals surface area (Å²) in [5, 5.41) is 0. The van der Waals surface area contributed by atoms with E-state index < -0.39 is 0 Å². The fraction of sp³-hybridized carbons (Fsp3) is 0.333. The van der Waals surface area contributed by atoms with Crippen LogP contribution in [0.25, 0.3) is 5.57 Å². The van der Waals surface area contributed by atoms with Gasteiger partial charge in [0, 0.05) is 0 Å². The predicted octanol–water partition coefficient (Wildman–Crippen LogP) is 3.04. The Morgan fingerprint density at radius 1 is 1.38 bits per heavy atom. The maximum absolute atomic E-state index is 4.17. The van der Waals surface area contributed by atoms with Crippen LogP contribution in [0.2, 0.25) is 0 Å². The Bertz CT molecular complexity index is 355. The van der Waals surface area contributed by atoms with Crippen molar-refractivity contribution in [2.75, 3.05) is 0 Å². The van der Waals surface area contributed by atoms with Crippen molar-refractivity contribution < 1.29 is 0 Å². The van der Waals surface area contributed by atoms with Crippen molar-refractivity contribution >= 4 is 20.1 Å². The monoisotopic (exact) mass is 238 g/mol. The van der Waals surface area contributed by atoms with Gasteiger partial charge in [0.05, 0.1) is 0 Å². The van der Waals surface area contributed by atoms with E-state index in [1.807, 2.05) is 0 Å². The van der Waals surface area contributed by atoms with Gasteiger partial charge in [-0.15, -0.1) is 0 Å². The zero-order chi connectivity index (χ0) is 9.26. The predicted molar refractivity (Wildman–Crippen MR) is 59.1 cm³/mol. The summed E-state index contributed by atoms with van der Waals surface area (Å²) in [6.45, 7) is 6.40. The quantitative estimate of drug-likeness (QED) is 0.480. The minimum atomic E-state index is 0.604. The molecule has 1 aliphatic rings. The Morgan fingerprint density at radius 3 is 3.08 bits per heavy atom. The van der Waals surface area contributed by atoms with Crippen LogP contribution in [0.15, 0.2) is 29.2 Å². The second-order valence-electron chi connectivity index (χ2n) is 3.62. The van der Waals surface area contributed by atoms with Crippen molar-refractivity contribution in [2.24, 2.45) is 0 Å². The van der Waals surface area contributed by atoms with Crippen LogP contribution in [0, 0.1) is 0 Å². The van der Waals surface area contributed by atoms with Gasteiger partial charge in [0.2, 0.25) is 0 Å². The average molecular weight is 237 g/mol. The fourth-order valence-electron chi connectivity index (χ4n) is 1.67. The summed E-state index contributed by atoms with van der Waals surface area (Å²) in [7, 11) is 0. The third kappa shape index (κ3) is 1.87. The Balaban J connectivity index is 2.38. The summed E-state index contributed by atoms with van der Waals surface area (Å²) in [4.78, 5) is 2.32. The Morgan fingerprint density at radius 2 is 2.23 bits per heavy atom. The molecule has 0 amide bonds. The molecule has 0 radical (unpaired) electrons. The molecule has 0 aromatic carbocycles. The van der Waals surface area contributed by atoms with Crippen molar-refractivity contribution in [3.8, 4) is 0 Å². The molecule has 0 bridgehead atoms. The topological polar surface area (TPSA) is 0 Å². The van der Waals surface area contributed by atoms with Gasteiger partial charge in [0.1, 0.15) is 0 Å². The molecular weight excluding hydrogens is 223 g/mol. The second-order valence-corrected chi connectivity index (χ2v) is 5.72. The molecule has 68 valence electrons. The molecule has 1 aromatic heterocycles. The van der Waals surface area contributed by atoms with Crippen LogP contribution in [-0.4, -0.2) is 14.5 Å². The van der Waals surface area contributed by atoms with E-state index in [0.29, 0.717) is 14.5 Å². The van der Waals surface area contributed by atoms with Gasteiger partial charge in [0.15, 0.2) is 0 Å². The molecule has 1 aromatic rings. The molecular formula is C12H14Se. The molecule has 0 fully saturated rings. The maximum atomic E-state index is 4.17. The number of hydrogen-bond acceptors (Lipinski definition) is 0. The molecule has 1 heterocycles. The standard InChI is InChI=1S/C12H14Se/c1-9-3-5-10(2)11-7-8-13-12(11)6-4-9/h4,7-8H,2-3,5-6H2,1H3/b9-4-. The molecule has 0 aliphatic heterocycles. The van der Waals surface area contributed by atoms with Crippen LogP contribution >= 0.6 is 0 Å². The molecule has 0 saturated heterocycles. The molecule has 13 heavy (non-hydrogen) atoms.